The molecule has 0 bridgehead atoms. The fourth-order valence-electron chi connectivity index (χ4n) is 3.27. The van der Waals surface area contributed by atoms with Crippen LogP contribution in [-0.2, 0) is 9.47 Å². The fraction of sp³-hybridized carbons (Fsp3) is 0.364. The Hall–Kier alpha value is -3.02. The van der Waals surface area contributed by atoms with E-state index in [2.05, 4.69) is 9.80 Å². The van der Waals surface area contributed by atoms with Crippen molar-refractivity contribution in [3.63, 3.8) is 0 Å². The van der Waals surface area contributed by atoms with Crippen molar-refractivity contribution >= 4 is 23.3 Å². The van der Waals surface area contributed by atoms with Gasteiger partial charge in [-0.3, -0.25) is 0 Å². The number of carbonyl (C=O) groups excluding carboxylic acids is 2. The Morgan fingerprint density at radius 1 is 0.679 bits per heavy atom. The molecule has 3 rings (SSSR count). The molecule has 2 aromatic carbocycles. The first kappa shape index (κ1) is 19.7. The molecule has 0 saturated carbocycles. The van der Waals surface area contributed by atoms with E-state index in [0.29, 0.717) is 24.3 Å². The Kier molecular flexibility index (Phi) is 6.53. The maximum atomic E-state index is 11.8. The van der Waals surface area contributed by atoms with Gasteiger partial charge in [0.05, 0.1) is 24.3 Å². The number of hydrogen-bond donors (Lipinski definition) is 0. The van der Waals surface area contributed by atoms with Gasteiger partial charge in [0.1, 0.15) is 0 Å². The van der Waals surface area contributed by atoms with Gasteiger partial charge in [-0.1, -0.05) is 0 Å². The van der Waals surface area contributed by atoms with Crippen LogP contribution in [0.3, 0.4) is 0 Å². The highest BCUT2D eigenvalue weighted by Gasteiger charge is 2.18. The molecule has 0 radical (unpaired) electrons. The minimum atomic E-state index is -0.287. The van der Waals surface area contributed by atoms with Crippen LogP contribution < -0.4 is 9.80 Å². The molecule has 1 heterocycles. The van der Waals surface area contributed by atoms with Gasteiger partial charge in [0.25, 0.3) is 0 Å². The normalized spacial score (nSPS) is 13.9. The van der Waals surface area contributed by atoms with Gasteiger partial charge in [-0.2, -0.15) is 0 Å². The van der Waals surface area contributed by atoms with Gasteiger partial charge < -0.3 is 19.3 Å². The summed E-state index contributed by atoms with van der Waals surface area (Å²) in [6.45, 7) is 7.91. The van der Waals surface area contributed by atoms with Gasteiger partial charge in [0.15, 0.2) is 0 Å². The topological polar surface area (TPSA) is 59.1 Å². The first-order valence-corrected chi connectivity index (χ1v) is 9.66. The van der Waals surface area contributed by atoms with Gasteiger partial charge in [-0.25, -0.2) is 9.59 Å². The lowest BCUT2D eigenvalue weighted by molar-refractivity contribution is 0.0517. The van der Waals surface area contributed by atoms with E-state index in [4.69, 9.17) is 9.47 Å². The smallest absolute Gasteiger partial charge is 0.338 e. The summed E-state index contributed by atoms with van der Waals surface area (Å²) >= 11 is 0. The lowest BCUT2D eigenvalue weighted by atomic mass is 10.1. The van der Waals surface area contributed by atoms with Crippen molar-refractivity contribution in [2.45, 2.75) is 13.8 Å². The van der Waals surface area contributed by atoms with Crippen LogP contribution in [0.2, 0.25) is 0 Å². The monoisotopic (exact) mass is 382 g/mol. The zero-order valence-electron chi connectivity index (χ0n) is 16.4. The number of esters is 2. The molecule has 0 N–H and O–H groups in total. The highest BCUT2D eigenvalue weighted by atomic mass is 16.5. The Balaban J connectivity index is 1.57. The SMILES string of the molecule is CCOC(=O)c1ccc(N2CCN(c3ccc(C(=O)OCC)cc3)CC2)cc1. The van der Waals surface area contributed by atoms with Gasteiger partial charge in [0, 0.05) is 37.6 Å². The lowest BCUT2D eigenvalue weighted by Gasteiger charge is -2.37. The zero-order valence-corrected chi connectivity index (χ0v) is 16.4. The summed E-state index contributed by atoms with van der Waals surface area (Å²) in [6.07, 6.45) is 0. The van der Waals surface area contributed by atoms with E-state index in [1.807, 2.05) is 48.5 Å². The molecule has 6 nitrogen and oxygen atoms in total. The van der Waals surface area contributed by atoms with Gasteiger partial charge in [-0.15, -0.1) is 0 Å². The second kappa shape index (κ2) is 9.26. The molecule has 0 spiro atoms. The van der Waals surface area contributed by atoms with Crippen LogP contribution in [0.1, 0.15) is 34.6 Å². The summed E-state index contributed by atoms with van der Waals surface area (Å²) in [5.41, 5.74) is 3.35. The number of ether oxygens (including phenoxy) is 2. The van der Waals surface area contributed by atoms with Crippen LogP contribution in [0.5, 0.6) is 0 Å². The number of piperazine rings is 1. The van der Waals surface area contributed by atoms with Gasteiger partial charge in [0.2, 0.25) is 0 Å². The summed E-state index contributed by atoms with van der Waals surface area (Å²) in [4.78, 5) is 28.1. The summed E-state index contributed by atoms with van der Waals surface area (Å²) in [6, 6.07) is 15.1. The summed E-state index contributed by atoms with van der Waals surface area (Å²) in [5, 5.41) is 0. The maximum Gasteiger partial charge on any atom is 0.338 e. The standard InChI is InChI=1S/C22H26N2O4/c1-3-27-21(25)17-5-9-19(10-6-17)23-13-15-24(16-14-23)20-11-7-18(8-12-20)22(26)28-4-2/h5-12H,3-4,13-16H2,1-2H3. The molecule has 1 aliphatic rings. The first-order chi connectivity index (χ1) is 13.6. The third-order valence-corrected chi connectivity index (χ3v) is 4.77. The Bertz CT molecular complexity index is 725. The minimum Gasteiger partial charge on any atom is -0.462 e. The van der Waals surface area contributed by atoms with E-state index in [1.54, 1.807) is 13.8 Å². The van der Waals surface area contributed by atoms with Crippen molar-refractivity contribution in [3.05, 3.63) is 59.7 Å². The van der Waals surface area contributed by atoms with E-state index < -0.39 is 0 Å². The number of nitrogens with zero attached hydrogens (tertiary/aromatic N) is 2. The number of rotatable bonds is 6. The van der Waals surface area contributed by atoms with E-state index in [0.717, 1.165) is 37.6 Å². The van der Waals surface area contributed by atoms with Crippen LogP contribution in [0.15, 0.2) is 48.5 Å². The van der Waals surface area contributed by atoms with E-state index >= 15 is 0 Å². The maximum absolute atomic E-state index is 11.8. The molecule has 2 aromatic rings. The molecule has 148 valence electrons. The lowest BCUT2D eigenvalue weighted by Crippen LogP contribution is -2.46. The number of anilines is 2. The van der Waals surface area contributed by atoms with Crippen LogP contribution in [0.25, 0.3) is 0 Å². The van der Waals surface area contributed by atoms with E-state index in [1.165, 1.54) is 0 Å². The molecule has 1 fully saturated rings. The Morgan fingerprint density at radius 2 is 1.00 bits per heavy atom. The minimum absolute atomic E-state index is 0.287. The third kappa shape index (κ3) is 4.63. The largest absolute Gasteiger partial charge is 0.462 e. The van der Waals surface area contributed by atoms with Crippen molar-refractivity contribution in [2.75, 3.05) is 49.2 Å². The van der Waals surface area contributed by atoms with Crippen LogP contribution in [0, 0.1) is 0 Å². The Morgan fingerprint density at radius 3 is 1.29 bits per heavy atom. The molecular weight excluding hydrogens is 356 g/mol. The van der Waals surface area contributed by atoms with Gasteiger partial charge in [-0.05, 0) is 62.4 Å². The average molecular weight is 382 g/mol. The fourth-order valence-corrected chi connectivity index (χ4v) is 3.27. The van der Waals surface area contributed by atoms with E-state index in [-0.39, 0.29) is 11.9 Å². The Labute approximate surface area is 165 Å². The summed E-state index contributed by atoms with van der Waals surface area (Å²) < 4.78 is 10.0. The van der Waals surface area contributed by atoms with Crippen LogP contribution in [-0.4, -0.2) is 51.3 Å². The predicted octanol–water partition coefficient (Wildman–Crippen LogP) is 3.37. The van der Waals surface area contributed by atoms with Gasteiger partial charge >= 0.3 is 11.9 Å². The molecule has 1 aliphatic heterocycles. The van der Waals surface area contributed by atoms with Crippen molar-refractivity contribution < 1.29 is 19.1 Å². The van der Waals surface area contributed by atoms with Crippen molar-refractivity contribution in [1.29, 1.82) is 0 Å². The number of carbonyl (C=O) groups is 2. The summed E-state index contributed by atoms with van der Waals surface area (Å²) in [7, 11) is 0. The summed E-state index contributed by atoms with van der Waals surface area (Å²) in [5.74, 6) is -0.574. The van der Waals surface area contributed by atoms with Crippen molar-refractivity contribution in [1.82, 2.24) is 0 Å². The quantitative estimate of drug-likeness (QED) is 0.714. The second-order valence-corrected chi connectivity index (χ2v) is 6.51. The number of hydrogen-bond acceptors (Lipinski definition) is 6. The molecule has 28 heavy (non-hydrogen) atoms. The van der Waals surface area contributed by atoms with Crippen LogP contribution in [0.4, 0.5) is 11.4 Å². The predicted molar refractivity (Wildman–Crippen MR) is 109 cm³/mol. The molecule has 0 atom stereocenters. The molecule has 0 unspecified atom stereocenters. The number of benzene rings is 2. The highest BCUT2D eigenvalue weighted by Crippen LogP contribution is 2.22. The molecular formula is C22H26N2O4. The first-order valence-electron chi connectivity index (χ1n) is 9.66. The average Bonchev–Trinajstić information content (AvgIpc) is 2.74. The molecule has 1 saturated heterocycles. The molecule has 0 aliphatic carbocycles. The molecule has 0 aromatic heterocycles. The van der Waals surface area contributed by atoms with Crippen LogP contribution >= 0.6 is 0 Å². The van der Waals surface area contributed by atoms with Crippen molar-refractivity contribution in [2.24, 2.45) is 0 Å². The highest BCUT2D eigenvalue weighted by molar-refractivity contribution is 5.90. The third-order valence-electron chi connectivity index (χ3n) is 4.77. The molecule has 0 amide bonds. The second-order valence-electron chi connectivity index (χ2n) is 6.51. The van der Waals surface area contributed by atoms with E-state index in [9.17, 15) is 9.59 Å². The molecule has 6 heteroatoms. The zero-order chi connectivity index (χ0) is 19.9. The van der Waals surface area contributed by atoms with Crippen molar-refractivity contribution in [3.8, 4) is 0 Å².